The van der Waals surface area contributed by atoms with Crippen LogP contribution in [-0.2, 0) is 0 Å². The first-order chi connectivity index (χ1) is 12.0. The minimum absolute atomic E-state index is 0.0135. The van der Waals surface area contributed by atoms with E-state index in [1.807, 2.05) is 0 Å². The van der Waals surface area contributed by atoms with Gasteiger partial charge in [-0.3, -0.25) is 9.13 Å². The van der Waals surface area contributed by atoms with Gasteiger partial charge in [-0.2, -0.15) is 8.78 Å². The number of hydrogen-bond acceptors (Lipinski definition) is 3. The van der Waals surface area contributed by atoms with E-state index in [4.69, 9.17) is 5.11 Å². The Hall–Kier alpha value is -3.42. The minimum Gasteiger partial charge on any atom is -0.478 e. The summed E-state index contributed by atoms with van der Waals surface area (Å²) in [6, 6.07) is 11.6. The van der Waals surface area contributed by atoms with Crippen LogP contribution in [0.3, 0.4) is 0 Å². The average molecular weight is 346 g/mol. The fourth-order valence-electron chi connectivity index (χ4n) is 2.35. The van der Waals surface area contributed by atoms with E-state index in [0.29, 0.717) is 11.4 Å². The van der Waals surface area contributed by atoms with Gasteiger partial charge < -0.3 is 9.84 Å². The Kier molecular flexibility index (Phi) is 4.34. The molecular formula is C17H12F2N2O4. The van der Waals surface area contributed by atoms with E-state index in [1.54, 1.807) is 12.1 Å². The number of halogens is 2. The lowest BCUT2D eigenvalue weighted by Gasteiger charge is -2.06. The molecule has 25 heavy (non-hydrogen) atoms. The van der Waals surface area contributed by atoms with Crippen LogP contribution in [0.2, 0.25) is 0 Å². The first kappa shape index (κ1) is 16.4. The Balaban J connectivity index is 1.95. The molecule has 3 aromatic rings. The van der Waals surface area contributed by atoms with Crippen LogP contribution < -0.4 is 10.4 Å². The number of nitrogens with zero attached hydrogens (tertiary/aromatic N) is 2. The number of aromatic nitrogens is 2. The fourth-order valence-corrected chi connectivity index (χ4v) is 2.35. The Labute approximate surface area is 140 Å². The highest BCUT2D eigenvalue weighted by Gasteiger charge is 2.10. The van der Waals surface area contributed by atoms with Crippen molar-refractivity contribution in [2.45, 2.75) is 6.61 Å². The predicted molar refractivity (Wildman–Crippen MR) is 85.0 cm³/mol. The number of imidazole rings is 1. The highest BCUT2D eigenvalue weighted by Crippen LogP contribution is 2.17. The largest absolute Gasteiger partial charge is 0.478 e. The molecule has 128 valence electrons. The second-order valence-electron chi connectivity index (χ2n) is 5.05. The molecule has 0 unspecified atom stereocenters. The summed E-state index contributed by atoms with van der Waals surface area (Å²) in [7, 11) is 0. The maximum absolute atomic E-state index is 12.5. The van der Waals surface area contributed by atoms with Gasteiger partial charge in [0.2, 0.25) is 0 Å². The van der Waals surface area contributed by atoms with E-state index in [-0.39, 0.29) is 11.3 Å². The van der Waals surface area contributed by atoms with Crippen molar-refractivity contribution in [2.75, 3.05) is 0 Å². The molecule has 0 aliphatic heterocycles. The molecule has 8 heteroatoms. The SMILES string of the molecule is O=C(O)c1cccc(-n2ccn(-c3ccc(OC(F)F)cc3)c2=O)c1. The van der Waals surface area contributed by atoms with Gasteiger partial charge in [0.05, 0.1) is 16.9 Å². The Morgan fingerprint density at radius 1 is 1.00 bits per heavy atom. The normalized spacial score (nSPS) is 10.8. The van der Waals surface area contributed by atoms with Crippen LogP contribution in [0.5, 0.6) is 5.75 Å². The van der Waals surface area contributed by atoms with Crippen molar-refractivity contribution < 1.29 is 23.4 Å². The number of aromatic carboxylic acids is 1. The topological polar surface area (TPSA) is 73.5 Å². The van der Waals surface area contributed by atoms with Gasteiger partial charge in [0.15, 0.2) is 0 Å². The molecule has 0 radical (unpaired) electrons. The van der Waals surface area contributed by atoms with Crippen molar-refractivity contribution in [1.82, 2.24) is 9.13 Å². The number of benzene rings is 2. The highest BCUT2D eigenvalue weighted by molar-refractivity contribution is 5.88. The number of hydrogen-bond donors (Lipinski definition) is 1. The first-order valence-electron chi connectivity index (χ1n) is 7.15. The lowest BCUT2D eigenvalue weighted by atomic mass is 10.2. The molecule has 0 saturated carbocycles. The minimum atomic E-state index is -2.92. The molecule has 0 aliphatic carbocycles. The van der Waals surface area contributed by atoms with Gasteiger partial charge in [0.1, 0.15) is 5.75 Å². The van der Waals surface area contributed by atoms with Crippen molar-refractivity contribution in [3.05, 3.63) is 77.0 Å². The lowest BCUT2D eigenvalue weighted by molar-refractivity contribution is -0.0498. The second kappa shape index (κ2) is 6.60. The van der Waals surface area contributed by atoms with Gasteiger partial charge in [0.25, 0.3) is 0 Å². The van der Waals surface area contributed by atoms with Gasteiger partial charge in [-0.1, -0.05) is 6.07 Å². The number of alkyl halides is 2. The van der Waals surface area contributed by atoms with Crippen LogP contribution in [0.1, 0.15) is 10.4 Å². The van der Waals surface area contributed by atoms with E-state index in [2.05, 4.69) is 4.74 Å². The number of ether oxygens (including phenoxy) is 1. The molecule has 0 amide bonds. The smallest absolute Gasteiger partial charge is 0.387 e. The van der Waals surface area contributed by atoms with E-state index in [1.165, 1.54) is 57.9 Å². The van der Waals surface area contributed by atoms with Crippen molar-refractivity contribution >= 4 is 5.97 Å². The third-order valence-corrected chi connectivity index (χ3v) is 3.49. The average Bonchev–Trinajstić information content (AvgIpc) is 2.97. The van der Waals surface area contributed by atoms with Gasteiger partial charge >= 0.3 is 18.3 Å². The molecular weight excluding hydrogens is 334 g/mol. The quantitative estimate of drug-likeness (QED) is 0.771. The van der Waals surface area contributed by atoms with Crippen LogP contribution in [0.4, 0.5) is 8.78 Å². The predicted octanol–water partition coefficient (Wildman–Crippen LogP) is 2.93. The van der Waals surface area contributed by atoms with Crippen LogP contribution in [0.15, 0.2) is 65.7 Å². The van der Waals surface area contributed by atoms with Gasteiger partial charge in [-0.25, -0.2) is 9.59 Å². The summed E-state index contributed by atoms with van der Waals surface area (Å²) in [5, 5.41) is 9.04. The fraction of sp³-hybridized carbons (Fsp3) is 0.0588. The van der Waals surface area contributed by atoms with Crippen molar-refractivity contribution in [1.29, 1.82) is 0 Å². The molecule has 2 aromatic carbocycles. The molecule has 1 N–H and O–H groups in total. The van der Waals surface area contributed by atoms with E-state index < -0.39 is 18.3 Å². The Bertz CT molecular complexity index is 961. The summed E-state index contributed by atoms with van der Waals surface area (Å²) in [6.07, 6.45) is 2.99. The summed E-state index contributed by atoms with van der Waals surface area (Å²) in [4.78, 5) is 23.6. The number of carboxylic acid groups (broad SMARTS) is 1. The van der Waals surface area contributed by atoms with E-state index in [0.717, 1.165) is 0 Å². The summed E-state index contributed by atoms with van der Waals surface area (Å²) in [5.74, 6) is -1.11. The van der Waals surface area contributed by atoms with Crippen LogP contribution in [-0.4, -0.2) is 26.8 Å². The number of carboxylic acids is 1. The van der Waals surface area contributed by atoms with Gasteiger partial charge in [-0.15, -0.1) is 0 Å². The number of carbonyl (C=O) groups is 1. The molecule has 0 saturated heterocycles. The Morgan fingerprint density at radius 3 is 2.24 bits per heavy atom. The van der Waals surface area contributed by atoms with Crippen molar-refractivity contribution in [3.63, 3.8) is 0 Å². The molecule has 0 fully saturated rings. The third-order valence-electron chi connectivity index (χ3n) is 3.49. The van der Waals surface area contributed by atoms with Crippen molar-refractivity contribution in [3.8, 4) is 17.1 Å². The van der Waals surface area contributed by atoms with E-state index >= 15 is 0 Å². The van der Waals surface area contributed by atoms with Crippen LogP contribution in [0, 0.1) is 0 Å². The maximum atomic E-state index is 12.5. The van der Waals surface area contributed by atoms with Crippen LogP contribution >= 0.6 is 0 Å². The molecule has 1 heterocycles. The zero-order valence-corrected chi connectivity index (χ0v) is 12.7. The molecule has 0 spiro atoms. The summed E-state index contributed by atoms with van der Waals surface area (Å²) < 4.78 is 31.2. The molecule has 0 atom stereocenters. The zero-order chi connectivity index (χ0) is 18.0. The summed E-state index contributed by atoms with van der Waals surface area (Å²) in [5.41, 5.74) is 0.497. The molecule has 6 nitrogen and oxygen atoms in total. The maximum Gasteiger partial charge on any atom is 0.387 e. The van der Waals surface area contributed by atoms with Gasteiger partial charge in [-0.05, 0) is 42.5 Å². The molecule has 0 bridgehead atoms. The second-order valence-corrected chi connectivity index (χ2v) is 5.05. The third kappa shape index (κ3) is 3.42. The zero-order valence-electron chi connectivity index (χ0n) is 12.7. The highest BCUT2D eigenvalue weighted by atomic mass is 19.3. The Morgan fingerprint density at radius 2 is 1.64 bits per heavy atom. The van der Waals surface area contributed by atoms with Crippen LogP contribution in [0.25, 0.3) is 11.4 Å². The monoisotopic (exact) mass is 346 g/mol. The molecule has 3 rings (SSSR count). The van der Waals surface area contributed by atoms with E-state index in [9.17, 15) is 18.4 Å². The molecule has 0 aliphatic rings. The number of rotatable bonds is 5. The summed E-state index contributed by atoms with van der Waals surface area (Å²) >= 11 is 0. The first-order valence-corrected chi connectivity index (χ1v) is 7.15. The van der Waals surface area contributed by atoms with Crippen molar-refractivity contribution in [2.24, 2.45) is 0 Å². The van der Waals surface area contributed by atoms with Gasteiger partial charge in [0, 0.05) is 12.4 Å². The standard InChI is InChI=1S/C17H12F2N2O4/c18-16(19)25-14-6-4-12(5-7-14)20-8-9-21(17(20)24)13-3-1-2-11(10-13)15(22)23/h1-10,16H,(H,22,23). The lowest BCUT2D eigenvalue weighted by Crippen LogP contribution is -2.21. The summed E-state index contributed by atoms with van der Waals surface area (Å²) in [6.45, 7) is -2.92. The molecule has 1 aromatic heterocycles.